The van der Waals surface area contributed by atoms with E-state index in [-0.39, 0.29) is 36.6 Å². The number of aromatic amines is 1. The second-order valence-corrected chi connectivity index (χ2v) is 8.08. The van der Waals surface area contributed by atoms with Crippen molar-refractivity contribution in [1.82, 2.24) is 20.9 Å². The number of nitrogens with one attached hydrogen (secondary N) is 4. The number of para-hydroxylation sites is 1. The van der Waals surface area contributed by atoms with Crippen LogP contribution in [0.15, 0.2) is 60.8 Å². The van der Waals surface area contributed by atoms with Crippen molar-refractivity contribution in [3.05, 3.63) is 71.9 Å². The van der Waals surface area contributed by atoms with Crippen molar-refractivity contribution < 1.29 is 14.4 Å². The van der Waals surface area contributed by atoms with E-state index in [9.17, 15) is 14.4 Å². The van der Waals surface area contributed by atoms with Gasteiger partial charge in [-0.1, -0.05) is 62.4 Å². The third kappa shape index (κ3) is 6.44. The van der Waals surface area contributed by atoms with Crippen LogP contribution < -0.4 is 16.0 Å². The fourth-order valence-electron chi connectivity index (χ4n) is 3.38. The lowest BCUT2D eigenvalue weighted by Crippen LogP contribution is -2.49. The number of carbonyl (C=O) groups is 3. The number of benzene rings is 2. The summed E-state index contributed by atoms with van der Waals surface area (Å²) in [5, 5.41) is 9.49. The van der Waals surface area contributed by atoms with Crippen molar-refractivity contribution in [2.45, 2.75) is 39.3 Å². The van der Waals surface area contributed by atoms with Crippen LogP contribution in [0.5, 0.6) is 0 Å². The van der Waals surface area contributed by atoms with Crippen LogP contribution in [-0.2, 0) is 27.3 Å². The molecule has 1 unspecified atom stereocenters. The monoisotopic (exact) mass is 434 g/mol. The number of carbonyl (C=O) groups excluding carboxylic acids is 3. The standard InChI is InChI=1S/C25H30N4O3/c1-17(2)24(31)29-22(14-19-16-27-21-11-7-6-10-20(19)21)25(32)26-13-12-23(30)28-15-18-8-4-3-5-9-18/h3-11,16-17,22,27H,12-15H2,1-2H3,(H,26,32)(H,28,30)(H,29,31). The Balaban J connectivity index is 1.56. The third-order valence-electron chi connectivity index (χ3n) is 5.24. The van der Waals surface area contributed by atoms with Gasteiger partial charge < -0.3 is 20.9 Å². The number of amides is 3. The molecule has 168 valence electrons. The van der Waals surface area contributed by atoms with E-state index < -0.39 is 6.04 Å². The number of rotatable bonds is 10. The number of fused-ring (bicyclic) bond motifs is 1. The molecule has 7 heteroatoms. The van der Waals surface area contributed by atoms with Crippen LogP contribution in [0.1, 0.15) is 31.4 Å². The van der Waals surface area contributed by atoms with Crippen molar-refractivity contribution in [2.24, 2.45) is 5.92 Å². The van der Waals surface area contributed by atoms with Gasteiger partial charge in [0.2, 0.25) is 17.7 Å². The molecule has 2 aromatic carbocycles. The Bertz CT molecular complexity index is 1060. The number of H-pyrrole nitrogens is 1. The summed E-state index contributed by atoms with van der Waals surface area (Å²) in [5.41, 5.74) is 2.94. The minimum absolute atomic E-state index is 0.145. The molecular weight excluding hydrogens is 404 g/mol. The highest BCUT2D eigenvalue weighted by atomic mass is 16.2. The van der Waals surface area contributed by atoms with Crippen LogP contribution in [0.25, 0.3) is 10.9 Å². The molecule has 0 aliphatic heterocycles. The molecule has 1 heterocycles. The minimum Gasteiger partial charge on any atom is -0.361 e. The van der Waals surface area contributed by atoms with Crippen LogP contribution in [0.4, 0.5) is 0 Å². The van der Waals surface area contributed by atoms with E-state index in [1.54, 1.807) is 13.8 Å². The average Bonchev–Trinajstić information content (AvgIpc) is 3.20. The summed E-state index contributed by atoms with van der Waals surface area (Å²) in [5.74, 6) is -0.878. The van der Waals surface area contributed by atoms with Gasteiger partial charge in [0, 0.05) is 48.9 Å². The lowest BCUT2D eigenvalue weighted by atomic mass is 10.0. The van der Waals surface area contributed by atoms with Crippen LogP contribution in [0.3, 0.4) is 0 Å². The van der Waals surface area contributed by atoms with Gasteiger partial charge in [0.15, 0.2) is 0 Å². The van der Waals surface area contributed by atoms with Crippen LogP contribution in [0, 0.1) is 5.92 Å². The zero-order valence-electron chi connectivity index (χ0n) is 18.5. The van der Waals surface area contributed by atoms with E-state index in [0.717, 1.165) is 22.0 Å². The zero-order valence-corrected chi connectivity index (χ0v) is 18.5. The highest BCUT2D eigenvalue weighted by Crippen LogP contribution is 2.19. The van der Waals surface area contributed by atoms with Crippen LogP contribution in [-0.4, -0.2) is 35.3 Å². The highest BCUT2D eigenvalue weighted by molar-refractivity contribution is 5.90. The molecule has 0 aliphatic rings. The first-order chi connectivity index (χ1) is 15.4. The molecule has 0 spiro atoms. The normalized spacial score (nSPS) is 11.8. The van der Waals surface area contributed by atoms with Gasteiger partial charge in [-0.3, -0.25) is 14.4 Å². The fraction of sp³-hybridized carbons (Fsp3) is 0.320. The first-order valence-corrected chi connectivity index (χ1v) is 10.9. The second kappa shape index (κ2) is 11.1. The maximum absolute atomic E-state index is 12.9. The Kier molecular flexibility index (Phi) is 8.02. The molecular formula is C25H30N4O3. The summed E-state index contributed by atoms with van der Waals surface area (Å²) in [6, 6.07) is 16.7. The topological polar surface area (TPSA) is 103 Å². The quantitative estimate of drug-likeness (QED) is 0.394. The third-order valence-corrected chi connectivity index (χ3v) is 5.24. The van der Waals surface area contributed by atoms with Crippen molar-refractivity contribution in [2.75, 3.05) is 6.54 Å². The van der Waals surface area contributed by atoms with Crippen molar-refractivity contribution >= 4 is 28.6 Å². The van der Waals surface area contributed by atoms with Gasteiger partial charge in [0.05, 0.1) is 0 Å². The molecule has 0 aliphatic carbocycles. The summed E-state index contributed by atoms with van der Waals surface area (Å²) in [6.45, 7) is 4.21. The van der Waals surface area contributed by atoms with Crippen molar-refractivity contribution in [1.29, 1.82) is 0 Å². The molecule has 1 atom stereocenters. The van der Waals surface area contributed by atoms with E-state index in [0.29, 0.717) is 13.0 Å². The minimum atomic E-state index is -0.725. The van der Waals surface area contributed by atoms with Gasteiger partial charge in [0.25, 0.3) is 0 Å². The van der Waals surface area contributed by atoms with Gasteiger partial charge in [0.1, 0.15) is 6.04 Å². The second-order valence-electron chi connectivity index (χ2n) is 8.08. The molecule has 32 heavy (non-hydrogen) atoms. The smallest absolute Gasteiger partial charge is 0.242 e. The Morgan fingerprint density at radius 2 is 1.62 bits per heavy atom. The highest BCUT2D eigenvalue weighted by Gasteiger charge is 2.23. The first kappa shape index (κ1) is 23.1. The molecule has 3 rings (SSSR count). The SMILES string of the molecule is CC(C)C(=O)NC(Cc1c[nH]c2ccccc12)C(=O)NCCC(=O)NCc1ccccc1. The molecule has 4 N–H and O–H groups in total. The molecule has 0 fully saturated rings. The fourth-order valence-corrected chi connectivity index (χ4v) is 3.38. The molecule has 0 bridgehead atoms. The predicted octanol–water partition coefficient (Wildman–Crippen LogP) is 2.67. The zero-order chi connectivity index (χ0) is 22.9. The molecule has 3 aromatic rings. The number of hydrogen-bond acceptors (Lipinski definition) is 3. The Morgan fingerprint density at radius 1 is 0.906 bits per heavy atom. The maximum atomic E-state index is 12.9. The van der Waals surface area contributed by atoms with E-state index in [1.807, 2.05) is 60.8 Å². The summed E-state index contributed by atoms with van der Waals surface area (Å²) in [7, 11) is 0. The van der Waals surface area contributed by atoms with Crippen LogP contribution >= 0.6 is 0 Å². The lowest BCUT2D eigenvalue weighted by Gasteiger charge is -2.19. The largest absolute Gasteiger partial charge is 0.361 e. The Morgan fingerprint density at radius 3 is 2.38 bits per heavy atom. The summed E-state index contributed by atoms with van der Waals surface area (Å²) < 4.78 is 0. The Labute approximate surface area is 188 Å². The van der Waals surface area contributed by atoms with Gasteiger partial charge in [-0.25, -0.2) is 0 Å². The predicted molar refractivity (Wildman–Crippen MR) is 125 cm³/mol. The maximum Gasteiger partial charge on any atom is 0.242 e. The van der Waals surface area contributed by atoms with Gasteiger partial charge in [-0.15, -0.1) is 0 Å². The van der Waals surface area contributed by atoms with E-state index in [4.69, 9.17) is 0 Å². The van der Waals surface area contributed by atoms with E-state index >= 15 is 0 Å². The first-order valence-electron chi connectivity index (χ1n) is 10.9. The molecule has 0 radical (unpaired) electrons. The molecule has 0 saturated heterocycles. The van der Waals surface area contributed by atoms with Crippen molar-refractivity contribution in [3.63, 3.8) is 0 Å². The summed E-state index contributed by atoms with van der Waals surface area (Å²) in [4.78, 5) is 40.4. The molecule has 1 aromatic heterocycles. The van der Waals surface area contributed by atoms with E-state index in [2.05, 4.69) is 20.9 Å². The van der Waals surface area contributed by atoms with Crippen molar-refractivity contribution in [3.8, 4) is 0 Å². The lowest BCUT2D eigenvalue weighted by molar-refractivity contribution is -0.130. The van der Waals surface area contributed by atoms with Gasteiger partial charge >= 0.3 is 0 Å². The number of hydrogen-bond donors (Lipinski definition) is 4. The Hall–Kier alpha value is -3.61. The summed E-state index contributed by atoms with van der Waals surface area (Å²) >= 11 is 0. The molecule has 0 saturated carbocycles. The van der Waals surface area contributed by atoms with E-state index in [1.165, 1.54) is 0 Å². The van der Waals surface area contributed by atoms with Gasteiger partial charge in [-0.2, -0.15) is 0 Å². The molecule has 3 amide bonds. The van der Waals surface area contributed by atoms with Crippen LogP contribution in [0.2, 0.25) is 0 Å². The summed E-state index contributed by atoms with van der Waals surface area (Å²) in [6.07, 6.45) is 2.38. The molecule has 7 nitrogen and oxygen atoms in total. The number of aromatic nitrogens is 1. The average molecular weight is 435 g/mol. The van der Waals surface area contributed by atoms with Gasteiger partial charge in [-0.05, 0) is 17.2 Å².